The Hall–Kier alpha value is -1.47. The number of halogens is 1. The number of nitrogens with zero attached hydrogens (tertiary/aromatic N) is 1. The Morgan fingerprint density at radius 1 is 1.25 bits per heavy atom. The summed E-state index contributed by atoms with van der Waals surface area (Å²) in [7, 11) is -3.60. The summed E-state index contributed by atoms with van der Waals surface area (Å²) in [5.41, 5.74) is 0.881. The van der Waals surface area contributed by atoms with E-state index in [1.807, 2.05) is 6.07 Å². The zero-order valence-electron chi connectivity index (χ0n) is 13.7. The third-order valence-corrected chi connectivity index (χ3v) is 5.94. The Kier molecular flexibility index (Phi) is 6.74. The van der Waals surface area contributed by atoms with Crippen LogP contribution in [0.25, 0.3) is 0 Å². The van der Waals surface area contributed by atoms with Crippen molar-refractivity contribution in [3.8, 4) is 0 Å². The lowest BCUT2D eigenvalue weighted by atomic mass is 10.1. The van der Waals surface area contributed by atoms with Crippen LogP contribution in [-0.4, -0.2) is 55.0 Å². The Bertz CT molecular complexity index is 656. The highest BCUT2D eigenvalue weighted by Gasteiger charge is 2.24. The summed E-state index contributed by atoms with van der Waals surface area (Å²) in [6.45, 7) is 0.978. The number of carbonyl (C=O) groups is 1. The first kappa shape index (κ1) is 18.9. The van der Waals surface area contributed by atoms with Crippen LogP contribution in [0.15, 0.2) is 24.3 Å². The van der Waals surface area contributed by atoms with Gasteiger partial charge in [-0.1, -0.05) is 25.0 Å². The first-order valence-corrected chi connectivity index (χ1v) is 10.1. The zero-order chi connectivity index (χ0) is 17.6. The van der Waals surface area contributed by atoms with Crippen LogP contribution in [0.2, 0.25) is 0 Å². The van der Waals surface area contributed by atoms with Crippen molar-refractivity contribution in [3.05, 3.63) is 35.6 Å². The van der Waals surface area contributed by atoms with Gasteiger partial charge in [-0.3, -0.25) is 9.69 Å². The lowest BCUT2D eigenvalue weighted by Crippen LogP contribution is -2.39. The van der Waals surface area contributed by atoms with Gasteiger partial charge in [0.15, 0.2) is 9.84 Å². The van der Waals surface area contributed by atoms with E-state index < -0.39 is 21.6 Å². The number of benzene rings is 1. The van der Waals surface area contributed by atoms with Crippen molar-refractivity contribution in [2.45, 2.75) is 38.1 Å². The normalized spacial score (nSPS) is 15.9. The van der Waals surface area contributed by atoms with Crippen molar-refractivity contribution >= 4 is 15.8 Å². The summed E-state index contributed by atoms with van der Waals surface area (Å²) >= 11 is 0. The molecule has 0 bridgehead atoms. The van der Waals surface area contributed by atoms with Crippen LogP contribution in [0, 0.1) is 5.82 Å². The smallest absolute Gasteiger partial charge is 0.318 e. The molecule has 2 rings (SSSR count). The van der Waals surface area contributed by atoms with E-state index in [1.54, 1.807) is 6.07 Å². The molecule has 134 valence electrons. The monoisotopic (exact) mass is 357 g/mol. The molecule has 1 aliphatic carbocycles. The Morgan fingerprint density at radius 3 is 2.58 bits per heavy atom. The van der Waals surface area contributed by atoms with Gasteiger partial charge in [-0.2, -0.15) is 0 Å². The summed E-state index contributed by atoms with van der Waals surface area (Å²) in [4.78, 5) is 12.8. The molecule has 1 saturated carbocycles. The fourth-order valence-corrected chi connectivity index (χ4v) is 4.26. The van der Waals surface area contributed by atoms with Crippen LogP contribution >= 0.6 is 0 Å². The van der Waals surface area contributed by atoms with Gasteiger partial charge in [-0.15, -0.1) is 0 Å². The fourth-order valence-electron chi connectivity index (χ4n) is 3.23. The molecule has 0 amide bonds. The molecule has 1 aromatic carbocycles. The zero-order valence-corrected chi connectivity index (χ0v) is 14.5. The van der Waals surface area contributed by atoms with Crippen LogP contribution in [0.5, 0.6) is 0 Å². The van der Waals surface area contributed by atoms with Crippen molar-refractivity contribution in [1.29, 1.82) is 0 Å². The van der Waals surface area contributed by atoms with Crippen LogP contribution in [0.4, 0.5) is 4.39 Å². The molecular weight excluding hydrogens is 333 g/mol. The van der Waals surface area contributed by atoms with Gasteiger partial charge >= 0.3 is 5.97 Å². The van der Waals surface area contributed by atoms with Crippen molar-refractivity contribution in [2.24, 2.45) is 0 Å². The molecule has 0 unspecified atom stereocenters. The van der Waals surface area contributed by atoms with Gasteiger partial charge in [0.05, 0.1) is 5.75 Å². The Labute approximate surface area is 142 Å². The lowest BCUT2D eigenvalue weighted by Gasteiger charge is -2.28. The van der Waals surface area contributed by atoms with E-state index in [9.17, 15) is 17.6 Å². The molecule has 0 heterocycles. The number of carboxylic acids is 1. The molecule has 0 aliphatic heterocycles. The van der Waals surface area contributed by atoms with E-state index in [4.69, 9.17) is 5.11 Å². The molecule has 0 spiro atoms. The minimum atomic E-state index is -3.60. The number of rotatable bonds is 9. The Balaban J connectivity index is 1.95. The van der Waals surface area contributed by atoms with Gasteiger partial charge in [0, 0.05) is 19.1 Å². The SMILES string of the molecule is O=C(O)CS(=O)(=O)CCN(CCc1cccc(F)c1)C1CCCC1. The van der Waals surface area contributed by atoms with E-state index in [0.717, 1.165) is 31.2 Å². The molecule has 1 N–H and O–H groups in total. The van der Waals surface area contributed by atoms with E-state index in [-0.39, 0.29) is 11.6 Å². The molecule has 0 radical (unpaired) electrons. The molecule has 5 nitrogen and oxygen atoms in total. The highest BCUT2D eigenvalue weighted by Crippen LogP contribution is 2.23. The first-order valence-electron chi connectivity index (χ1n) is 8.26. The molecule has 1 aromatic rings. The molecular formula is C17H24FNO4S. The van der Waals surface area contributed by atoms with Crippen molar-refractivity contribution in [3.63, 3.8) is 0 Å². The molecule has 0 saturated heterocycles. The first-order chi connectivity index (χ1) is 11.4. The van der Waals surface area contributed by atoms with Gasteiger partial charge in [0.25, 0.3) is 0 Å². The lowest BCUT2D eigenvalue weighted by molar-refractivity contribution is -0.134. The summed E-state index contributed by atoms with van der Waals surface area (Å²) in [5, 5.41) is 8.68. The highest BCUT2D eigenvalue weighted by atomic mass is 32.2. The van der Waals surface area contributed by atoms with Crippen LogP contribution < -0.4 is 0 Å². The average molecular weight is 357 g/mol. The standard InChI is InChI=1S/C17H24FNO4S/c18-15-5-3-4-14(12-15)8-9-19(16-6-1-2-7-16)10-11-24(22,23)13-17(20)21/h3-5,12,16H,1-2,6-11,13H2,(H,20,21). The number of carboxylic acid groups (broad SMARTS) is 1. The van der Waals surface area contributed by atoms with Gasteiger partial charge < -0.3 is 5.11 Å². The van der Waals surface area contributed by atoms with Gasteiger partial charge in [0.1, 0.15) is 11.6 Å². The number of hydrogen-bond donors (Lipinski definition) is 1. The fraction of sp³-hybridized carbons (Fsp3) is 0.588. The maximum atomic E-state index is 13.3. The predicted molar refractivity (Wildman–Crippen MR) is 90.2 cm³/mol. The number of sulfone groups is 1. The molecule has 24 heavy (non-hydrogen) atoms. The minimum absolute atomic E-state index is 0.154. The quantitative estimate of drug-likeness (QED) is 0.733. The predicted octanol–water partition coefficient (Wildman–Crippen LogP) is 2.11. The number of aliphatic carboxylic acids is 1. The molecule has 1 aliphatic rings. The van der Waals surface area contributed by atoms with Crippen molar-refractivity contribution in [2.75, 3.05) is 24.6 Å². The van der Waals surface area contributed by atoms with Crippen LogP contribution in [0.1, 0.15) is 31.2 Å². The summed E-state index contributed by atoms with van der Waals surface area (Å²) in [6.07, 6.45) is 4.96. The maximum absolute atomic E-state index is 13.3. The third kappa shape index (κ3) is 6.20. The molecule has 0 atom stereocenters. The summed E-state index contributed by atoms with van der Waals surface area (Å²) < 4.78 is 36.9. The van der Waals surface area contributed by atoms with E-state index >= 15 is 0 Å². The minimum Gasteiger partial charge on any atom is -0.480 e. The second kappa shape index (κ2) is 8.58. The van der Waals surface area contributed by atoms with Gasteiger partial charge in [0.2, 0.25) is 0 Å². The van der Waals surface area contributed by atoms with E-state index in [2.05, 4.69) is 4.90 Å². The molecule has 1 fully saturated rings. The van der Waals surface area contributed by atoms with Crippen LogP contribution in [0.3, 0.4) is 0 Å². The summed E-state index contributed by atoms with van der Waals surface area (Å²) in [6, 6.07) is 6.75. The third-order valence-electron chi connectivity index (χ3n) is 4.45. The highest BCUT2D eigenvalue weighted by molar-refractivity contribution is 7.92. The van der Waals surface area contributed by atoms with E-state index in [0.29, 0.717) is 25.6 Å². The largest absolute Gasteiger partial charge is 0.480 e. The van der Waals surface area contributed by atoms with Crippen LogP contribution in [-0.2, 0) is 21.1 Å². The average Bonchev–Trinajstić information content (AvgIpc) is 3.00. The van der Waals surface area contributed by atoms with Gasteiger partial charge in [-0.25, -0.2) is 12.8 Å². The second-order valence-electron chi connectivity index (χ2n) is 6.34. The summed E-state index contributed by atoms with van der Waals surface area (Å²) in [5.74, 6) is -2.57. The van der Waals surface area contributed by atoms with Crippen molar-refractivity contribution in [1.82, 2.24) is 4.90 Å². The topological polar surface area (TPSA) is 74.7 Å². The number of hydrogen-bond acceptors (Lipinski definition) is 4. The van der Waals surface area contributed by atoms with E-state index in [1.165, 1.54) is 12.1 Å². The molecule has 0 aromatic heterocycles. The van der Waals surface area contributed by atoms with Crippen molar-refractivity contribution < 1.29 is 22.7 Å². The Morgan fingerprint density at radius 2 is 1.96 bits per heavy atom. The van der Waals surface area contributed by atoms with Gasteiger partial charge in [-0.05, 0) is 37.0 Å². The maximum Gasteiger partial charge on any atom is 0.318 e. The second-order valence-corrected chi connectivity index (χ2v) is 8.52. The molecule has 7 heteroatoms.